The molecule has 8 nitrogen and oxygen atoms in total. The Labute approximate surface area is 135 Å². The van der Waals surface area contributed by atoms with Crippen molar-refractivity contribution in [1.29, 1.82) is 0 Å². The van der Waals surface area contributed by atoms with Crippen LogP contribution < -0.4 is 5.43 Å². The van der Waals surface area contributed by atoms with Crippen LogP contribution in [-0.2, 0) is 18.9 Å². The predicted octanol–water partition coefficient (Wildman–Crippen LogP) is 1.28. The van der Waals surface area contributed by atoms with Crippen molar-refractivity contribution in [2.45, 2.75) is 51.5 Å². The lowest BCUT2D eigenvalue weighted by molar-refractivity contribution is -0.853. The molecule has 0 aliphatic carbocycles. The maximum absolute atomic E-state index is 5.89. The maximum Gasteiger partial charge on any atom is 0.320 e. The second-order valence-electron chi connectivity index (χ2n) is 6.80. The number of hydrogen-bond donors (Lipinski definition) is 1. The molecule has 0 aromatic heterocycles. The van der Waals surface area contributed by atoms with Crippen LogP contribution in [-0.4, -0.2) is 59.8 Å². The van der Waals surface area contributed by atoms with Crippen molar-refractivity contribution < 1.29 is 23.5 Å². The molecular formula is C13H23N4O4S+. The summed E-state index contributed by atoms with van der Waals surface area (Å²) >= 11 is 5.42. The molecular weight excluding hydrogens is 308 g/mol. The lowest BCUT2D eigenvalue weighted by Gasteiger charge is -2.29. The third kappa shape index (κ3) is 3.29. The SMILES string of the molecule is CC1(C)OCC(C[N+]2(CC3COC(C)(C)O3)N=NNC2=S)O1. The number of nitrogens with one attached hydrogen (secondary N) is 1. The van der Waals surface area contributed by atoms with E-state index < -0.39 is 11.6 Å². The molecule has 9 heteroatoms. The largest absolute Gasteiger partial charge is 0.348 e. The van der Waals surface area contributed by atoms with E-state index in [0.717, 1.165) is 0 Å². The molecule has 0 aromatic carbocycles. The first-order valence-corrected chi connectivity index (χ1v) is 7.84. The van der Waals surface area contributed by atoms with Gasteiger partial charge in [-0.25, -0.2) is 0 Å². The van der Waals surface area contributed by atoms with Crippen molar-refractivity contribution >= 4 is 17.3 Å². The summed E-state index contributed by atoms with van der Waals surface area (Å²) in [5.41, 5.74) is 2.77. The van der Waals surface area contributed by atoms with Crippen LogP contribution in [0.5, 0.6) is 0 Å². The van der Waals surface area contributed by atoms with Crippen LogP contribution in [0.15, 0.2) is 10.4 Å². The molecule has 0 spiro atoms. The van der Waals surface area contributed by atoms with Crippen LogP contribution in [0.2, 0.25) is 0 Å². The Balaban J connectivity index is 1.70. The highest BCUT2D eigenvalue weighted by Gasteiger charge is 2.49. The highest BCUT2D eigenvalue weighted by Crippen LogP contribution is 2.30. The van der Waals surface area contributed by atoms with Gasteiger partial charge in [-0.2, -0.15) is 5.43 Å². The van der Waals surface area contributed by atoms with Gasteiger partial charge in [0.05, 0.1) is 18.4 Å². The highest BCUT2D eigenvalue weighted by atomic mass is 32.1. The molecule has 0 aromatic rings. The number of quaternary nitrogens is 1. The van der Waals surface area contributed by atoms with Crippen molar-refractivity contribution in [2.24, 2.45) is 10.4 Å². The van der Waals surface area contributed by atoms with E-state index in [2.05, 4.69) is 15.9 Å². The number of hydrogen-bond acceptors (Lipinski definition) is 7. The van der Waals surface area contributed by atoms with Crippen molar-refractivity contribution in [2.75, 3.05) is 26.3 Å². The van der Waals surface area contributed by atoms with Crippen molar-refractivity contribution in [1.82, 2.24) is 5.43 Å². The van der Waals surface area contributed by atoms with Gasteiger partial charge in [0.2, 0.25) is 0 Å². The average molecular weight is 331 g/mol. The molecule has 0 amide bonds. The highest BCUT2D eigenvalue weighted by molar-refractivity contribution is 7.79. The van der Waals surface area contributed by atoms with E-state index in [1.807, 2.05) is 27.7 Å². The molecule has 2 atom stereocenters. The topological polar surface area (TPSA) is 73.7 Å². The molecule has 3 aliphatic heterocycles. The molecule has 0 radical (unpaired) electrons. The molecule has 1 N–H and O–H groups in total. The van der Waals surface area contributed by atoms with E-state index in [1.54, 1.807) is 0 Å². The monoisotopic (exact) mass is 331 g/mol. The zero-order chi connectivity index (χ0) is 16.0. The Hall–Kier alpha value is -0.710. The molecule has 2 saturated heterocycles. The van der Waals surface area contributed by atoms with Crippen LogP contribution in [0.1, 0.15) is 27.7 Å². The summed E-state index contributed by atoms with van der Waals surface area (Å²) in [5, 5.41) is 8.74. The standard InChI is InChI=1S/C13H22N4O4S/c1-12(2)18-7-9(20-12)5-17(11(22)14-15-16-17)6-10-8-19-13(3,4)21-10/h9-10H,5-8H2,1-4H3/p+1. The number of ether oxygens (including phenoxy) is 4. The summed E-state index contributed by atoms with van der Waals surface area (Å²) < 4.78 is 23.2. The van der Waals surface area contributed by atoms with Gasteiger partial charge in [-0.3, -0.25) is 0 Å². The van der Waals surface area contributed by atoms with Crippen LogP contribution in [0.3, 0.4) is 0 Å². The Kier molecular flexibility index (Phi) is 3.99. The van der Waals surface area contributed by atoms with Crippen molar-refractivity contribution in [3.8, 4) is 0 Å². The fourth-order valence-electron chi connectivity index (χ4n) is 2.98. The minimum absolute atomic E-state index is 0.0952. The molecule has 2 fully saturated rings. The maximum atomic E-state index is 5.89. The van der Waals surface area contributed by atoms with E-state index in [9.17, 15) is 0 Å². The summed E-state index contributed by atoms with van der Waals surface area (Å²) in [6, 6.07) is 0. The van der Waals surface area contributed by atoms with Crippen LogP contribution in [0, 0.1) is 0 Å². The van der Waals surface area contributed by atoms with Gasteiger partial charge in [0.15, 0.2) is 11.6 Å². The molecule has 22 heavy (non-hydrogen) atoms. The first kappa shape index (κ1) is 16.2. The van der Waals surface area contributed by atoms with Crippen LogP contribution in [0.4, 0.5) is 0 Å². The van der Waals surface area contributed by atoms with E-state index in [1.165, 1.54) is 0 Å². The third-order valence-electron chi connectivity index (χ3n) is 3.89. The van der Waals surface area contributed by atoms with E-state index in [4.69, 9.17) is 31.2 Å². The van der Waals surface area contributed by atoms with Crippen molar-refractivity contribution in [3.05, 3.63) is 0 Å². The summed E-state index contributed by atoms with van der Waals surface area (Å²) in [7, 11) is 0. The second kappa shape index (κ2) is 5.43. The number of nitrogens with zero attached hydrogens (tertiary/aromatic N) is 3. The summed E-state index contributed by atoms with van der Waals surface area (Å²) in [6.07, 6.45) is -0.190. The smallest absolute Gasteiger partial charge is 0.320 e. The third-order valence-corrected chi connectivity index (χ3v) is 4.32. The Morgan fingerprint density at radius 3 is 1.91 bits per heavy atom. The minimum Gasteiger partial charge on any atom is -0.348 e. The molecule has 124 valence electrons. The molecule has 2 unspecified atom stereocenters. The Morgan fingerprint density at radius 1 is 1.09 bits per heavy atom. The van der Waals surface area contributed by atoms with Gasteiger partial charge in [-0.1, -0.05) is 0 Å². The summed E-state index contributed by atoms with van der Waals surface area (Å²) in [4.78, 5) is 0. The lowest BCUT2D eigenvalue weighted by Crippen LogP contribution is -2.56. The number of rotatable bonds is 4. The lowest BCUT2D eigenvalue weighted by atomic mass is 10.2. The van der Waals surface area contributed by atoms with Gasteiger partial charge >= 0.3 is 5.11 Å². The fourth-order valence-corrected chi connectivity index (χ4v) is 3.20. The first-order valence-electron chi connectivity index (χ1n) is 7.43. The van der Waals surface area contributed by atoms with E-state index in [-0.39, 0.29) is 16.8 Å². The molecule has 0 bridgehead atoms. The van der Waals surface area contributed by atoms with Crippen LogP contribution in [0.25, 0.3) is 0 Å². The van der Waals surface area contributed by atoms with Gasteiger partial charge in [0.25, 0.3) is 0 Å². The van der Waals surface area contributed by atoms with E-state index >= 15 is 0 Å². The molecule has 3 heterocycles. The van der Waals surface area contributed by atoms with Gasteiger partial charge in [-0.15, -0.1) is 4.59 Å². The van der Waals surface area contributed by atoms with E-state index in [0.29, 0.717) is 31.4 Å². The van der Waals surface area contributed by atoms with Gasteiger partial charge < -0.3 is 18.9 Å². The Morgan fingerprint density at radius 2 is 1.59 bits per heavy atom. The summed E-state index contributed by atoms with van der Waals surface area (Å²) in [5.74, 6) is -1.15. The predicted molar refractivity (Wildman–Crippen MR) is 80.4 cm³/mol. The van der Waals surface area contributed by atoms with Gasteiger partial charge in [0.1, 0.15) is 25.3 Å². The average Bonchev–Trinajstić information content (AvgIpc) is 3.01. The Bertz CT molecular complexity index is 468. The second-order valence-corrected chi connectivity index (χ2v) is 7.18. The fraction of sp³-hybridized carbons (Fsp3) is 0.923. The zero-order valence-corrected chi connectivity index (χ0v) is 14.2. The minimum atomic E-state index is -0.574. The van der Waals surface area contributed by atoms with Gasteiger partial charge in [-0.05, 0) is 32.9 Å². The first-order chi connectivity index (χ1) is 10.2. The molecule has 0 saturated carbocycles. The zero-order valence-electron chi connectivity index (χ0n) is 13.4. The van der Waals surface area contributed by atoms with Gasteiger partial charge in [0, 0.05) is 12.2 Å². The molecule has 3 aliphatic rings. The van der Waals surface area contributed by atoms with Crippen LogP contribution >= 0.6 is 12.2 Å². The van der Waals surface area contributed by atoms with Crippen molar-refractivity contribution in [3.63, 3.8) is 0 Å². The normalized spacial score (nSPS) is 39.4. The number of thiocarbonyl (C=S) groups is 1. The summed E-state index contributed by atoms with van der Waals surface area (Å²) in [6.45, 7) is 9.73. The molecule has 3 rings (SSSR count). The quantitative estimate of drug-likeness (QED) is 0.618.